The lowest BCUT2D eigenvalue weighted by molar-refractivity contribution is -0.0498. The van der Waals surface area contributed by atoms with Crippen LogP contribution in [0.2, 0.25) is 0 Å². The third-order valence-corrected chi connectivity index (χ3v) is 4.10. The fourth-order valence-electron chi connectivity index (χ4n) is 2.34. The zero-order chi connectivity index (χ0) is 17.3. The van der Waals surface area contributed by atoms with Crippen molar-refractivity contribution in [1.29, 1.82) is 0 Å². The summed E-state index contributed by atoms with van der Waals surface area (Å²) in [5.41, 5.74) is 0.353. The first-order valence-electron chi connectivity index (χ1n) is 7.65. The van der Waals surface area contributed by atoms with E-state index in [-0.39, 0.29) is 23.8 Å². The molecule has 0 saturated carbocycles. The van der Waals surface area contributed by atoms with Crippen LogP contribution in [0.4, 0.5) is 19.3 Å². The Morgan fingerprint density at radius 2 is 1.87 bits per heavy atom. The van der Waals surface area contributed by atoms with Crippen LogP contribution >= 0.6 is 0 Å². The number of aliphatic hydroxyl groups excluding tert-OH is 1. The van der Waals surface area contributed by atoms with Gasteiger partial charge in [-0.3, -0.25) is 0 Å². The van der Waals surface area contributed by atoms with Crippen molar-refractivity contribution in [2.75, 3.05) is 18.5 Å². The number of halogens is 2. The molecule has 130 valence electrons. The quantitative estimate of drug-likeness (QED) is 0.648. The van der Waals surface area contributed by atoms with E-state index in [9.17, 15) is 13.6 Å². The lowest BCUT2D eigenvalue weighted by atomic mass is 9.79. The molecular formula is C16H24F2N2O3. The van der Waals surface area contributed by atoms with Crippen molar-refractivity contribution in [2.45, 2.75) is 39.7 Å². The zero-order valence-corrected chi connectivity index (χ0v) is 13.4. The third-order valence-electron chi connectivity index (χ3n) is 4.10. The molecule has 0 aromatic heterocycles. The van der Waals surface area contributed by atoms with Crippen LogP contribution < -0.4 is 15.4 Å². The maximum atomic E-state index is 12.1. The van der Waals surface area contributed by atoms with E-state index in [2.05, 4.69) is 15.4 Å². The molecule has 0 fully saturated rings. The van der Waals surface area contributed by atoms with Gasteiger partial charge in [0.1, 0.15) is 5.75 Å². The SMILES string of the molecule is CCC(CC)(CCO)CNC(=O)Nc1ccc(OC(F)F)cc1. The molecule has 0 aliphatic rings. The molecule has 2 amide bonds. The van der Waals surface area contributed by atoms with E-state index in [0.29, 0.717) is 18.7 Å². The largest absolute Gasteiger partial charge is 0.435 e. The maximum Gasteiger partial charge on any atom is 0.387 e. The second-order valence-corrected chi connectivity index (χ2v) is 5.39. The maximum absolute atomic E-state index is 12.1. The van der Waals surface area contributed by atoms with E-state index in [1.165, 1.54) is 24.3 Å². The summed E-state index contributed by atoms with van der Waals surface area (Å²) in [6.45, 7) is 1.72. The van der Waals surface area contributed by atoms with E-state index in [1.54, 1.807) is 0 Å². The smallest absolute Gasteiger partial charge is 0.387 e. The summed E-state index contributed by atoms with van der Waals surface area (Å²) in [4.78, 5) is 11.9. The Morgan fingerprint density at radius 3 is 2.35 bits per heavy atom. The molecule has 3 N–H and O–H groups in total. The van der Waals surface area contributed by atoms with Gasteiger partial charge in [0.05, 0.1) is 0 Å². The van der Waals surface area contributed by atoms with Crippen molar-refractivity contribution in [3.63, 3.8) is 0 Å². The monoisotopic (exact) mass is 330 g/mol. The lowest BCUT2D eigenvalue weighted by Crippen LogP contribution is -2.39. The van der Waals surface area contributed by atoms with Crippen molar-refractivity contribution in [3.05, 3.63) is 24.3 Å². The highest BCUT2D eigenvalue weighted by molar-refractivity contribution is 5.89. The molecule has 0 saturated heterocycles. The second kappa shape index (κ2) is 9.29. The number of hydrogen-bond donors (Lipinski definition) is 3. The minimum absolute atomic E-state index is 0.0323. The Morgan fingerprint density at radius 1 is 1.26 bits per heavy atom. The number of carbonyl (C=O) groups excluding carboxylic acids is 1. The van der Waals surface area contributed by atoms with E-state index < -0.39 is 6.61 Å². The lowest BCUT2D eigenvalue weighted by Gasteiger charge is -2.31. The highest BCUT2D eigenvalue weighted by atomic mass is 19.3. The van der Waals surface area contributed by atoms with Gasteiger partial charge >= 0.3 is 12.6 Å². The van der Waals surface area contributed by atoms with Gasteiger partial charge in [-0.1, -0.05) is 13.8 Å². The summed E-state index contributed by atoms with van der Waals surface area (Å²) < 4.78 is 28.3. The molecule has 1 rings (SSSR count). The second-order valence-electron chi connectivity index (χ2n) is 5.39. The number of carbonyl (C=O) groups is 1. The number of ether oxygens (including phenoxy) is 1. The van der Waals surface area contributed by atoms with Crippen LogP contribution in [0.3, 0.4) is 0 Å². The first-order valence-corrected chi connectivity index (χ1v) is 7.65. The minimum Gasteiger partial charge on any atom is -0.435 e. The summed E-state index contributed by atoms with van der Waals surface area (Å²) in [6.07, 6.45) is 2.33. The first kappa shape index (κ1) is 19.2. The summed E-state index contributed by atoms with van der Waals surface area (Å²) in [7, 11) is 0. The molecule has 0 atom stereocenters. The van der Waals surface area contributed by atoms with Crippen LogP contribution in [0.1, 0.15) is 33.1 Å². The number of nitrogens with one attached hydrogen (secondary N) is 2. The Balaban J connectivity index is 2.52. The van der Waals surface area contributed by atoms with Crippen LogP contribution in [0, 0.1) is 5.41 Å². The van der Waals surface area contributed by atoms with E-state index in [4.69, 9.17) is 5.11 Å². The third kappa shape index (κ3) is 6.40. The fraction of sp³-hybridized carbons (Fsp3) is 0.562. The van der Waals surface area contributed by atoms with Gasteiger partial charge in [-0.25, -0.2) is 4.79 Å². The van der Waals surface area contributed by atoms with Gasteiger partial charge in [0, 0.05) is 18.8 Å². The van der Waals surface area contributed by atoms with E-state index >= 15 is 0 Å². The number of aliphatic hydroxyl groups is 1. The molecule has 5 nitrogen and oxygen atoms in total. The van der Waals surface area contributed by atoms with Crippen LogP contribution in [0.5, 0.6) is 5.75 Å². The molecule has 0 bridgehead atoms. The van der Waals surface area contributed by atoms with Gasteiger partial charge in [0.15, 0.2) is 0 Å². The highest BCUT2D eigenvalue weighted by Crippen LogP contribution is 2.29. The van der Waals surface area contributed by atoms with Crippen LogP contribution in [-0.4, -0.2) is 30.9 Å². The molecule has 0 spiro atoms. The number of amides is 2. The summed E-state index contributed by atoms with van der Waals surface area (Å²) >= 11 is 0. The fourth-order valence-corrected chi connectivity index (χ4v) is 2.34. The number of anilines is 1. The van der Waals surface area contributed by atoms with Gasteiger partial charge < -0.3 is 20.5 Å². The van der Waals surface area contributed by atoms with Gasteiger partial charge in [-0.05, 0) is 48.9 Å². The summed E-state index contributed by atoms with van der Waals surface area (Å²) in [6, 6.07) is 5.30. The number of hydrogen-bond acceptors (Lipinski definition) is 3. The number of alkyl halides is 2. The van der Waals surface area contributed by atoms with Gasteiger partial charge in [0.25, 0.3) is 0 Å². The van der Waals surface area contributed by atoms with Crippen molar-refractivity contribution < 1.29 is 23.4 Å². The van der Waals surface area contributed by atoms with Crippen molar-refractivity contribution in [2.24, 2.45) is 5.41 Å². The number of rotatable bonds is 9. The van der Waals surface area contributed by atoms with E-state index in [0.717, 1.165) is 12.8 Å². The number of benzene rings is 1. The van der Waals surface area contributed by atoms with Crippen molar-refractivity contribution >= 4 is 11.7 Å². The van der Waals surface area contributed by atoms with Crippen molar-refractivity contribution in [1.82, 2.24) is 5.32 Å². The molecule has 1 aromatic carbocycles. The molecule has 0 heterocycles. The zero-order valence-electron chi connectivity index (χ0n) is 13.4. The molecule has 1 aromatic rings. The van der Waals surface area contributed by atoms with Crippen LogP contribution in [-0.2, 0) is 0 Å². The normalized spacial score (nSPS) is 11.4. The van der Waals surface area contributed by atoms with Gasteiger partial charge in [-0.15, -0.1) is 0 Å². The Hall–Kier alpha value is -1.89. The molecular weight excluding hydrogens is 306 g/mol. The molecule has 0 unspecified atom stereocenters. The molecule has 0 aliphatic heterocycles. The van der Waals surface area contributed by atoms with Gasteiger partial charge in [0.2, 0.25) is 0 Å². The van der Waals surface area contributed by atoms with Crippen LogP contribution in [0.15, 0.2) is 24.3 Å². The predicted octanol–water partition coefficient (Wildman–Crippen LogP) is 3.60. The molecule has 0 radical (unpaired) electrons. The average Bonchev–Trinajstić information content (AvgIpc) is 2.53. The van der Waals surface area contributed by atoms with Crippen LogP contribution in [0.25, 0.3) is 0 Å². The minimum atomic E-state index is -2.88. The van der Waals surface area contributed by atoms with Gasteiger partial charge in [-0.2, -0.15) is 8.78 Å². The summed E-state index contributed by atoms with van der Waals surface area (Å²) in [5, 5.41) is 14.6. The predicted molar refractivity (Wildman–Crippen MR) is 84.8 cm³/mol. The highest BCUT2D eigenvalue weighted by Gasteiger charge is 2.26. The summed E-state index contributed by atoms with van der Waals surface area (Å²) in [5.74, 6) is 0.0323. The Labute approximate surface area is 135 Å². The van der Waals surface area contributed by atoms with E-state index in [1.807, 2.05) is 13.8 Å². The first-order chi connectivity index (χ1) is 10.9. The molecule has 0 aliphatic carbocycles. The Bertz CT molecular complexity index is 477. The number of urea groups is 1. The average molecular weight is 330 g/mol. The standard InChI is InChI=1S/C16H24F2N2O3/c1-3-16(4-2,9-10-21)11-19-15(22)20-12-5-7-13(8-6-12)23-14(17)18/h5-8,14,21H,3-4,9-11H2,1-2H3,(H2,19,20,22). The van der Waals surface area contributed by atoms with Crippen molar-refractivity contribution in [3.8, 4) is 5.75 Å². The molecule has 23 heavy (non-hydrogen) atoms. The Kier molecular flexibility index (Phi) is 7.74. The topological polar surface area (TPSA) is 70.6 Å². The molecule has 7 heteroatoms.